The molecule has 1 saturated heterocycles. The van der Waals surface area contributed by atoms with Crippen molar-refractivity contribution in [2.75, 3.05) is 13.1 Å². The molecule has 0 spiro atoms. The van der Waals surface area contributed by atoms with Crippen molar-refractivity contribution in [3.8, 4) is 0 Å². The van der Waals surface area contributed by atoms with Gasteiger partial charge < -0.3 is 10.0 Å². The van der Waals surface area contributed by atoms with Crippen LogP contribution in [0.2, 0.25) is 0 Å². The molecule has 140 valence electrons. The number of hydrogen-bond acceptors (Lipinski definition) is 1. The number of piperidine rings is 1. The zero-order chi connectivity index (χ0) is 19.2. The van der Waals surface area contributed by atoms with E-state index in [0.29, 0.717) is 0 Å². The molecule has 1 aliphatic rings. The third kappa shape index (κ3) is 4.66. The second kappa shape index (κ2) is 8.83. The number of rotatable bonds is 4. The van der Waals surface area contributed by atoms with Gasteiger partial charge in [0.1, 0.15) is 25.7 Å². The van der Waals surface area contributed by atoms with Crippen molar-refractivity contribution in [3.05, 3.63) is 119 Å². The lowest BCUT2D eigenvalue weighted by molar-refractivity contribution is -0.907. The fourth-order valence-corrected chi connectivity index (χ4v) is 3.87. The Morgan fingerprint density at radius 3 is 1.57 bits per heavy atom. The number of benzene rings is 3. The van der Waals surface area contributed by atoms with Crippen LogP contribution in [0.5, 0.6) is 0 Å². The highest BCUT2D eigenvalue weighted by Gasteiger charge is 2.29. The van der Waals surface area contributed by atoms with Gasteiger partial charge in [-0.05, 0) is 23.3 Å². The first-order valence-corrected chi connectivity index (χ1v) is 9.84. The minimum Gasteiger partial charge on any atom is -0.384 e. The number of hydrogen-bond donors (Lipinski definition) is 2. The van der Waals surface area contributed by atoms with Crippen molar-refractivity contribution in [1.29, 1.82) is 0 Å². The summed E-state index contributed by atoms with van der Waals surface area (Å²) in [6, 6.07) is 31.2. The van der Waals surface area contributed by atoms with Crippen molar-refractivity contribution in [2.45, 2.75) is 12.6 Å². The largest absolute Gasteiger partial charge is 0.384 e. The highest BCUT2D eigenvalue weighted by molar-refractivity contribution is 5.60. The van der Waals surface area contributed by atoms with E-state index >= 15 is 0 Å². The predicted octanol–water partition coefficient (Wildman–Crippen LogP) is 3.61. The quantitative estimate of drug-likeness (QED) is 0.722. The Balaban J connectivity index is 1.65. The van der Waals surface area contributed by atoms with Gasteiger partial charge in [-0.15, -0.1) is 0 Å². The molecule has 0 bridgehead atoms. The fourth-order valence-electron chi connectivity index (χ4n) is 3.87. The SMILES string of the molecule is OC1C(=Cc2ccccc2)C[NH+](Cc2ccccc2)C/C1=C\c1ccccc1. The van der Waals surface area contributed by atoms with Crippen LogP contribution in [-0.4, -0.2) is 24.3 Å². The van der Waals surface area contributed by atoms with Gasteiger partial charge in [0, 0.05) is 16.7 Å². The highest BCUT2D eigenvalue weighted by atomic mass is 16.3. The average molecular weight is 369 g/mol. The lowest BCUT2D eigenvalue weighted by atomic mass is 9.92. The molecule has 2 nitrogen and oxygen atoms in total. The number of aliphatic hydroxyl groups is 1. The molecule has 0 amide bonds. The maximum atomic E-state index is 11.1. The molecule has 1 heterocycles. The van der Waals surface area contributed by atoms with E-state index < -0.39 is 6.10 Å². The summed E-state index contributed by atoms with van der Waals surface area (Å²) in [4.78, 5) is 1.45. The Kier molecular flexibility index (Phi) is 5.81. The van der Waals surface area contributed by atoms with Gasteiger partial charge in [-0.25, -0.2) is 0 Å². The Bertz CT molecular complexity index is 886. The van der Waals surface area contributed by atoms with Crippen LogP contribution >= 0.6 is 0 Å². The summed E-state index contributed by atoms with van der Waals surface area (Å²) < 4.78 is 0. The molecule has 28 heavy (non-hydrogen) atoms. The van der Waals surface area contributed by atoms with Crippen LogP contribution in [0.4, 0.5) is 0 Å². The monoisotopic (exact) mass is 368 g/mol. The molecule has 2 heteroatoms. The molecular formula is C26H26NO+. The van der Waals surface area contributed by atoms with E-state index in [2.05, 4.69) is 66.7 Å². The van der Waals surface area contributed by atoms with Crippen molar-refractivity contribution in [1.82, 2.24) is 0 Å². The molecule has 2 N–H and O–H groups in total. The Morgan fingerprint density at radius 1 is 0.679 bits per heavy atom. The zero-order valence-corrected chi connectivity index (χ0v) is 16.0. The summed E-state index contributed by atoms with van der Waals surface area (Å²) in [7, 11) is 0. The van der Waals surface area contributed by atoms with E-state index in [4.69, 9.17) is 0 Å². The minimum absolute atomic E-state index is 0.528. The third-order valence-electron chi connectivity index (χ3n) is 5.21. The number of aliphatic hydroxyl groups excluding tert-OH is 1. The summed E-state index contributed by atoms with van der Waals surface area (Å²) in [5.41, 5.74) is 5.75. The molecule has 0 aromatic heterocycles. The van der Waals surface area contributed by atoms with Gasteiger partial charge >= 0.3 is 0 Å². The van der Waals surface area contributed by atoms with E-state index in [9.17, 15) is 5.11 Å². The molecule has 2 atom stereocenters. The van der Waals surface area contributed by atoms with Crippen LogP contribution in [-0.2, 0) is 6.54 Å². The summed E-state index contributed by atoms with van der Waals surface area (Å²) in [5.74, 6) is 0. The molecule has 4 rings (SSSR count). The van der Waals surface area contributed by atoms with Crippen LogP contribution in [0.3, 0.4) is 0 Å². The Labute approximate surface area is 167 Å². The van der Waals surface area contributed by atoms with E-state index in [-0.39, 0.29) is 0 Å². The Hall–Kier alpha value is -2.94. The minimum atomic E-state index is -0.528. The lowest BCUT2D eigenvalue weighted by Gasteiger charge is -2.31. The molecule has 0 radical (unpaired) electrons. The number of likely N-dealkylation sites (tertiary alicyclic amines) is 1. The molecule has 1 fully saturated rings. The Morgan fingerprint density at radius 2 is 1.11 bits per heavy atom. The molecule has 2 unspecified atom stereocenters. The average Bonchev–Trinajstić information content (AvgIpc) is 2.74. The zero-order valence-electron chi connectivity index (χ0n) is 16.0. The molecular weight excluding hydrogens is 342 g/mol. The molecule has 1 aliphatic heterocycles. The van der Waals surface area contributed by atoms with Gasteiger partial charge in [0.25, 0.3) is 0 Å². The van der Waals surface area contributed by atoms with E-state index in [1.807, 2.05) is 36.4 Å². The predicted molar refractivity (Wildman–Crippen MR) is 116 cm³/mol. The number of nitrogens with one attached hydrogen (secondary N) is 1. The van der Waals surface area contributed by atoms with Crippen molar-refractivity contribution < 1.29 is 10.0 Å². The second-order valence-electron chi connectivity index (χ2n) is 7.43. The molecule has 3 aromatic carbocycles. The normalized spacial score (nSPS) is 22.5. The second-order valence-corrected chi connectivity index (χ2v) is 7.43. The highest BCUT2D eigenvalue weighted by Crippen LogP contribution is 2.20. The van der Waals surface area contributed by atoms with E-state index in [0.717, 1.165) is 41.9 Å². The summed E-state index contributed by atoms with van der Waals surface area (Å²) in [6.45, 7) is 2.64. The van der Waals surface area contributed by atoms with Gasteiger partial charge in [0.2, 0.25) is 0 Å². The first-order valence-electron chi connectivity index (χ1n) is 9.84. The van der Waals surface area contributed by atoms with Crippen molar-refractivity contribution in [3.63, 3.8) is 0 Å². The van der Waals surface area contributed by atoms with Gasteiger partial charge in [-0.1, -0.05) is 91.0 Å². The van der Waals surface area contributed by atoms with Gasteiger partial charge in [0.05, 0.1) is 0 Å². The lowest BCUT2D eigenvalue weighted by Crippen LogP contribution is -3.12. The maximum absolute atomic E-state index is 11.1. The first kappa shape index (κ1) is 18.4. The van der Waals surface area contributed by atoms with Crippen LogP contribution in [0.25, 0.3) is 12.2 Å². The maximum Gasteiger partial charge on any atom is 0.107 e. The number of quaternary nitrogens is 1. The van der Waals surface area contributed by atoms with Crippen molar-refractivity contribution >= 4 is 12.2 Å². The smallest absolute Gasteiger partial charge is 0.107 e. The van der Waals surface area contributed by atoms with E-state index in [1.165, 1.54) is 10.5 Å². The van der Waals surface area contributed by atoms with E-state index in [1.54, 1.807) is 0 Å². The summed E-state index contributed by atoms with van der Waals surface area (Å²) in [6.07, 6.45) is 3.77. The third-order valence-corrected chi connectivity index (χ3v) is 5.21. The first-order chi connectivity index (χ1) is 13.8. The van der Waals surface area contributed by atoms with Gasteiger partial charge in [-0.3, -0.25) is 0 Å². The summed E-state index contributed by atoms with van der Waals surface area (Å²) >= 11 is 0. The van der Waals surface area contributed by atoms with Crippen LogP contribution in [0, 0.1) is 0 Å². The van der Waals surface area contributed by atoms with Crippen LogP contribution in [0.1, 0.15) is 16.7 Å². The summed E-state index contributed by atoms with van der Waals surface area (Å²) in [5, 5.41) is 11.1. The molecule has 3 aromatic rings. The fraction of sp³-hybridized carbons (Fsp3) is 0.154. The molecule has 0 aliphatic carbocycles. The standard InChI is InChI=1S/C26H25NO/c28-26-24(16-21-10-4-1-5-11-21)19-27(18-23-14-8-3-9-15-23)20-25(26)17-22-12-6-2-7-13-22/h1-17,26,28H,18-20H2/p+1/b24-16+,25-17?. The van der Waals surface area contributed by atoms with Crippen LogP contribution in [0.15, 0.2) is 102 Å². The topological polar surface area (TPSA) is 24.7 Å². The van der Waals surface area contributed by atoms with Crippen LogP contribution < -0.4 is 4.90 Å². The van der Waals surface area contributed by atoms with Gasteiger partial charge in [0.15, 0.2) is 0 Å². The van der Waals surface area contributed by atoms with Gasteiger partial charge in [-0.2, -0.15) is 0 Å². The molecule has 0 saturated carbocycles. The van der Waals surface area contributed by atoms with Crippen molar-refractivity contribution in [2.24, 2.45) is 0 Å².